The van der Waals surface area contributed by atoms with E-state index < -0.39 is 0 Å². The second-order valence-electron chi connectivity index (χ2n) is 11.9. The Kier molecular flexibility index (Phi) is 8.71. The van der Waals surface area contributed by atoms with Crippen molar-refractivity contribution < 1.29 is 9.59 Å². The molecule has 1 atom stereocenters. The number of aryl methyl sites for hydroxylation is 1. The predicted octanol–water partition coefficient (Wildman–Crippen LogP) is 7.08. The van der Waals surface area contributed by atoms with E-state index >= 15 is 0 Å². The van der Waals surface area contributed by atoms with Gasteiger partial charge in [-0.25, -0.2) is 9.48 Å². The van der Waals surface area contributed by atoms with E-state index in [1.54, 1.807) is 16.0 Å². The van der Waals surface area contributed by atoms with Crippen molar-refractivity contribution in [1.29, 1.82) is 0 Å². The van der Waals surface area contributed by atoms with Crippen LogP contribution in [0.2, 0.25) is 0 Å². The molecule has 1 aliphatic heterocycles. The summed E-state index contributed by atoms with van der Waals surface area (Å²) < 4.78 is 1.77. The van der Waals surface area contributed by atoms with Crippen LogP contribution in [0, 0.1) is 12.8 Å². The number of hydrogen-bond donors (Lipinski definition) is 3. The van der Waals surface area contributed by atoms with Crippen LogP contribution >= 0.6 is 11.3 Å². The van der Waals surface area contributed by atoms with Crippen molar-refractivity contribution in [3.63, 3.8) is 0 Å². The van der Waals surface area contributed by atoms with Crippen LogP contribution < -0.4 is 16.0 Å². The summed E-state index contributed by atoms with van der Waals surface area (Å²) in [4.78, 5) is 28.0. The highest BCUT2D eigenvalue weighted by atomic mass is 32.1. The Labute approximate surface area is 246 Å². The quantitative estimate of drug-likeness (QED) is 0.212. The number of nitrogens with zero attached hydrogens (tertiary/aromatic N) is 2. The molecule has 5 rings (SSSR count). The first-order chi connectivity index (χ1) is 19.7. The van der Waals surface area contributed by atoms with Crippen LogP contribution in [0.1, 0.15) is 61.2 Å². The lowest BCUT2D eigenvalue weighted by Gasteiger charge is -2.30. The molecule has 1 aliphatic rings. The summed E-state index contributed by atoms with van der Waals surface area (Å²) in [6.07, 6.45) is 2.35. The van der Waals surface area contributed by atoms with E-state index in [0.717, 1.165) is 53.3 Å². The third-order valence-corrected chi connectivity index (χ3v) is 8.51. The van der Waals surface area contributed by atoms with Gasteiger partial charge in [0.25, 0.3) is 0 Å². The fourth-order valence-corrected chi connectivity index (χ4v) is 6.12. The van der Waals surface area contributed by atoms with E-state index in [1.165, 1.54) is 0 Å². The summed E-state index contributed by atoms with van der Waals surface area (Å²) in [5, 5.41) is 16.2. The fraction of sp³-hybridized carbons (Fsp3) is 0.364. The number of carbonyl (C=O) groups is 2. The average molecular weight is 570 g/mol. The average Bonchev–Trinajstić information content (AvgIpc) is 3.60. The Balaban J connectivity index is 1.37. The monoisotopic (exact) mass is 569 g/mol. The Morgan fingerprint density at radius 3 is 2.46 bits per heavy atom. The fourth-order valence-electron chi connectivity index (χ4n) is 5.40. The molecule has 0 saturated carbocycles. The molecule has 1 unspecified atom stereocenters. The summed E-state index contributed by atoms with van der Waals surface area (Å²) in [6, 6.07) is 21.4. The Morgan fingerprint density at radius 1 is 1.02 bits per heavy atom. The van der Waals surface area contributed by atoms with Crippen LogP contribution in [0.5, 0.6) is 0 Å². The molecule has 1 fully saturated rings. The number of Topliss-reactive ketones (excluding diaryl/α,β-unsaturated/α-hetero) is 1. The molecule has 2 amide bonds. The van der Waals surface area contributed by atoms with Crippen LogP contribution in [0.4, 0.5) is 16.3 Å². The van der Waals surface area contributed by atoms with E-state index in [1.807, 2.05) is 79.0 Å². The largest absolute Gasteiger partial charge is 0.324 e. The standard InChI is InChI=1S/C33H39N5O2S/c1-22-10-12-26(13-11-22)38-30(21-29(37-38)33(2,3)4)36-32(40)35-25-8-5-7-24(19-25)31(23-14-16-34-17-15-23)28(39)20-27-9-6-18-41-27/h5-13,18-19,21,23,31,34H,14-17,20H2,1-4H3,(H2,35,36,40). The molecular formula is C33H39N5O2S. The van der Waals surface area contributed by atoms with Gasteiger partial charge in [-0.15, -0.1) is 11.3 Å². The van der Waals surface area contributed by atoms with Crippen LogP contribution in [0.15, 0.2) is 72.1 Å². The third kappa shape index (κ3) is 7.13. The second kappa shape index (κ2) is 12.4. The first kappa shape index (κ1) is 28.8. The minimum absolute atomic E-state index is 0.184. The SMILES string of the molecule is Cc1ccc(-n2nc(C(C)(C)C)cc2NC(=O)Nc2cccc(C(C(=O)Cc3cccs3)C3CCNCC3)c2)cc1. The Bertz CT molecular complexity index is 1480. The van der Waals surface area contributed by atoms with Gasteiger partial charge in [0.2, 0.25) is 0 Å². The molecule has 2 aromatic carbocycles. The summed E-state index contributed by atoms with van der Waals surface area (Å²) in [5.74, 6) is 0.887. The first-order valence-corrected chi connectivity index (χ1v) is 15.2. The van der Waals surface area contributed by atoms with Gasteiger partial charge in [-0.3, -0.25) is 10.1 Å². The molecule has 0 spiro atoms. The lowest BCUT2D eigenvalue weighted by Crippen LogP contribution is -2.34. The first-order valence-electron chi connectivity index (χ1n) is 14.3. The number of carbonyl (C=O) groups excluding carboxylic acids is 2. The van der Waals surface area contributed by atoms with Gasteiger partial charge in [0.05, 0.1) is 11.4 Å². The maximum atomic E-state index is 13.6. The number of thiophene rings is 1. The number of nitrogens with one attached hydrogen (secondary N) is 3. The number of anilines is 2. The van der Waals surface area contributed by atoms with E-state index in [-0.39, 0.29) is 29.1 Å². The van der Waals surface area contributed by atoms with Crippen molar-refractivity contribution in [2.45, 2.75) is 58.3 Å². The maximum Gasteiger partial charge on any atom is 0.324 e. The second-order valence-corrected chi connectivity index (χ2v) is 12.9. The molecule has 2 aromatic heterocycles. The van der Waals surface area contributed by atoms with Gasteiger partial charge < -0.3 is 10.6 Å². The lowest BCUT2D eigenvalue weighted by molar-refractivity contribution is -0.121. The summed E-state index contributed by atoms with van der Waals surface area (Å²) >= 11 is 1.62. The summed E-state index contributed by atoms with van der Waals surface area (Å²) in [7, 11) is 0. The number of aromatic nitrogens is 2. The number of amides is 2. The molecule has 0 aliphatic carbocycles. The topological polar surface area (TPSA) is 88.1 Å². The molecule has 7 nitrogen and oxygen atoms in total. The molecular weight excluding hydrogens is 530 g/mol. The zero-order valence-electron chi connectivity index (χ0n) is 24.2. The maximum absolute atomic E-state index is 13.6. The molecule has 3 heterocycles. The number of rotatable bonds is 8. The molecule has 8 heteroatoms. The highest BCUT2D eigenvalue weighted by molar-refractivity contribution is 7.10. The number of benzene rings is 2. The zero-order valence-corrected chi connectivity index (χ0v) is 25.1. The molecule has 4 aromatic rings. The van der Waals surface area contributed by atoms with Crippen molar-refractivity contribution in [3.8, 4) is 5.69 Å². The van der Waals surface area contributed by atoms with Crippen molar-refractivity contribution in [1.82, 2.24) is 15.1 Å². The summed E-state index contributed by atoms with van der Waals surface area (Å²) in [6.45, 7) is 10.2. The van der Waals surface area contributed by atoms with E-state index in [0.29, 0.717) is 17.9 Å². The van der Waals surface area contributed by atoms with Crippen molar-refractivity contribution in [3.05, 3.63) is 93.8 Å². The van der Waals surface area contributed by atoms with Crippen molar-refractivity contribution in [2.75, 3.05) is 23.7 Å². The van der Waals surface area contributed by atoms with Gasteiger partial charge in [-0.1, -0.05) is 56.7 Å². The number of hydrogen-bond acceptors (Lipinski definition) is 5. The van der Waals surface area contributed by atoms with Crippen LogP contribution in [-0.4, -0.2) is 34.7 Å². The zero-order chi connectivity index (χ0) is 29.0. The van der Waals surface area contributed by atoms with E-state index in [9.17, 15) is 9.59 Å². The minimum atomic E-state index is -0.362. The third-order valence-electron chi connectivity index (χ3n) is 7.63. The minimum Gasteiger partial charge on any atom is -0.317 e. The smallest absolute Gasteiger partial charge is 0.317 e. The van der Waals surface area contributed by atoms with Crippen molar-refractivity contribution >= 4 is 34.7 Å². The Hall–Kier alpha value is -3.75. The molecule has 0 bridgehead atoms. The van der Waals surface area contributed by atoms with Crippen molar-refractivity contribution in [2.24, 2.45) is 5.92 Å². The van der Waals surface area contributed by atoms with E-state index in [4.69, 9.17) is 5.10 Å². The molecule has 41 heavy (non-hydrogen) atoms. The van der Waals surface area contributed by atoms with Gasteiger partial charge in [0.1, 0.15) is 11.6 Å². The van der Waals surface area contributed by atoms with Gasteiger partial charge in [0.15, 0.2) is 0 Å². The van der Waals surface area contributed by atoms with Crippen LogP contribution in [0.25, 0.3) is 5.69 Å². The number of ketones is 1. The highest BCUT2D eigenvalue weighted by Gasteiger charge is 2.31. The number of urea groups is 1. The van der Waals surface area contributed by atoms with Gasteiger partial charge in [0, 0.05) is 34.4 Å². The van der Waals surface area contributed by atoms with Gasteiger partial charge in [-0.2, -0.15) is 5.10 Å². The van der Waals surface area contributed by atoms with Crippen LogP contribution in [-0.2, 0) is 16.6 Å². The molecule has 0 radical (unpaired) electrons. The molecule has 1 saturated heterocycles. The molecule has 3 N–H and O–H groups in total. The normalized spacial score (nSPS) is 14.9. The number of piperidine rings is 1. The highest BCUT2D eigenvalue weighted by Crippen LogP contribution is 2.35. The van der Waals surface area contributed by atoms with Gasteiger partial charge >= 0.3 is 6.03 Å². The van der Waals surface area contributed by atoms with Crippen LogP contribution in [0.3, 0.4) is 0 Å². The lowest BCUT2D eigenvalue weighted by atomic mass is 9.77. The predicted molar refractivity (Wildman–Crippen MR) is 167 cm³/mol. The molecule has 214 valence electrons. The van der Waals surface area contributed by atoms with E-state index in [2.05, 4.69) is 36.7 Å². The Morgan fingerprint density at radius 2 is 1.78 bits per heavy atom. The van der Waals surface area contributed by atoms with Gasteiger partial charge in [-0.05, 0) is 80.0 Å². The summed E-state index contributed by atoms with van der Waals surface area (Å²) in [5.41, 5.74) is 4.33.